The molecule has 2 bridgehead atoms. The van der Waals surface area contributed by atoms with Gasteiger partial charge in [0.25, 0.3) is 0 Å². The fourth-order valence-electron chi connectivity index (χ4n) is 6.52. The number of rotatable bonds is 4. The zero-order valence-corrected chi connectivity index (χ0v) is 19.9. The minimum atomic E-state index is -4.15. The first-order valence-electron chi connectivity index (χ1n) is 12.6. The molecule has 4 aliphatic carbocycles. The van der Waals surface area contributed by atoms with Crippen LogP contribution in [0.5, 0.6) is 0 Å². The molecule has 8 rings (SSSR count). The summed E-state index contributed by atoms with van der Waals surface area (Å²) in [7, 11) is 0. The monoisotopic (exact) mass is 483 g/mol. The van der Waals surface area contributed by atoms with Crippen molar-refractivity contribution in [3.8, 4) is 0 Å². The molecular weight excluding hydrogens is 455 g/mol. The van der Waals surface area contributed by atoms with Crippen molar-refractivity contribution >= 4 is 11.0 Å². The summed E-state index contributed by atoms with van der Waals surface area (Å²) in [6.45, 7) is 4.42. The lowest BCUT2D eigenvalue weighted by Crippen LogP contribution is -2.70. The van der Waals surface area contributed by atoms with Crippen molar-refractivity contribution in [2.75, 3.05) is 6.61 Å². The Kier molecular flexibility index (Phi) is 4.35. The van der Waals surface area contributed by atoms with Crippen molar-refractivity contribution in [1.82, 2.24) is 24.7 Å². The molecule has 9 heteroatoms. The molecule has 4 heterocycles. The van der Waals surface area contributed by atoms with Crippen LogP contribution in [0, 0.1) is 19.3 Å². The van der Waals surface area contributed by atoms with Crippen LogP contribution in [0.15, 0.2) is 18.5 Å². The van der Waals surface area contributed by atoms with Gasteiger partial charge < -0.3 is 4.74 Å². The van der Waals surface area contributed by atoms with Gasteiger partial charge in [0.15, 0.2) is 0 Å². The lowest BCUT2D eigenvalue weighted by Gasteiger charge is -2.70. The van der Waals surface area contributed by atoms with E-state index < -0.39 is 17.0 Å². The molecule has 0 amide bonds. The summed E-state index contributed by atoms with van der Waals surface area (Å²) >= 11 is 0. The van der Waals surface area contributed by atoms with Gasteiger partial charge in [-0.05, 0) is 64.9 Å². The number of pyridine rings is 1. The highest BCUT2D eigenvalue weighted by Gasteiger charge is 2.79. The topological polar surface area (TPSA) is 65.7 Å². The van der Waals surface area contributed by atoms with E-state index in [4.69, 9.17) is 19.7 Å². The molecule has 0 aromatic carbocycles. The molecule has 35 heavy (non-hydrogen) atoms. The molecular formula is C26H28F3N5O. The lowest BCUT2D eigenvalue weighted by molar-refractivity contribution is -0.337. The van der Waals surface area contributed by atoms with Gasteiger partial charge in [0.2, 0.25) is 0 Å². The lowest BCUT2D eigenvalue weighted by atomic mass is 9.34. The molecule has 6 nitrogen and oxygen atoms in total. The van der Waals surface area contributed by atoms with E-state index in [1.165, 1.54) is 12.8 Å². The van der Waals surface area contributed by atoms with Gasteiger partial charge in [0.1, 0.15) is 5.52 Å². The molecule has 0 unspecified atom stereocenters. The second-order valence-electron chi connectivity index (χ2n) is 11.3. The van der Waals surface area contributed by atoms with Gasteiger partial charge in [0, 0.05) is 35.4 Å². The Labute approximate surface area is 201 Å². The quantitative estimate of drug-likeness (QED) is 0.470. The number of aryl methyl sites for hydroxylation is 2. The van der Waals surface area contributed by atoms with Crippen LogP contribution < -0.4 is 0 Å². The normalized spacial score (nSPS) is 32.4. The van der Waals surface area contributed by atoms with E-state index in [1.54, 1.807) is 0 Å². The number of alkyl halides is 3. The van der Waals surface area contributed by atoms with Crippen LogP contribution in [-0.2, 0) is 10.2 Å². The SMILES string of the molecule is Cc1nc2cc([C@@H]3CCO[C@@H](c4cnn(C5CC5)c4)C3)nc(C34CC(C(F)(F)F)(C3)C4)c2nc1C. The Morgan fingerprint density at radius 3 is 2.49 bits per heavy atom. The Morgan fingerprint density at radius 2 is 1.77 bits per heavy atom. The van der Waals surface area contributed by atoms with E-state index in [0.717, 1.165) is 46.7 Å². The second kappa shape index (κ2) is 7.02. The second-order valence-corrected chi connectivity index (χ2v) is 11.3. The summed E-state index contributed by atoms with van der Waals surface area (Å²) < 4.78 is 48.9. The summed E-state index contributed by atoms with van der Waals surface area (Å²) in [5.41, 5.74) is 3.68. The standard InChI is InChI=1S/C26H28F3N5O/c1-14-15(2)32-22-20(31-14)8-19(33-23(22)24-11-25(12-24,13-24)26(27,28)29)16-5-6-35-21(7-16)17-9-30-34(10-17)18-3-4-18/h8-10,16,18,21H,3-7,11-13H2,1-2H3/t16-,21-,24?,25?/m1/s1. The van der Waals surface area contributed by atoms with Gasteiger partial charge in [-0.15, -0.1) is 0 Å². The fourth-order valence-corrected chi connectivity index (χ4v) is 6.52. The number of fused-ring (bicyclic) bond motifs is 1. The Morgan fingerprint density at radius 1 is 1.03 bits per heavy atom. The highest BCUT2D eigenvalue weighted by Crippen LogP contribution is 2.78. The number of nitrogens with zero attached hydrogens (tertiary/aromatic N) is 5. The molecule has 5 fully saturated rings. The molecule has 184 valence electrons. The zero-order valence-electron chi connectivity index (χ0n) is 19.9. The largest absolute Gasteiger partial charge is 0.394 e. The summed E-state index contributed by atoms with van der Waals surface area (Å²) in [5.74, 6) is 0.147. The van der Waals surface area contributed by atoms with Crippen molar-refractivity contribution in [3.63, 3.8) is 0 Å². The first-order valence-corrected chi connectivity index (χ1v) is 12.6. The Bertz CT molecular complexity index is 1320. The first-order chi connectivity index (χ1) is 16.7. The smallest absolute Gasteiger partial charge is 0.373 e. The highest BCUT2D eigenvalue weighted by atomic mass is 19.4. The number of ether oxygens (including phenoxy) is 1. The fraction of sp³-hybridized carbons (Fsp3) is 0.615. The zero-order chi connectivity index (χ0) is 24.2. The van der Waals surface area contributed by atoms with Gasteiger partial charge in [-0.25, -0.2) is 9.97 Å². The molecule has 4 saturated carbocycles. The maximum absolute atomic E-state index is 13.6. The molecule has 3 aromatic rings. The predicted octanol–water partition coefficient (Wildman–Crippen LogP) is 5.79. The highest BCUT2D eigenvalue weighted by molar-refractivity contribution is 5.79. The molecule has 5 aliphatic rings. The molecule has 0 N–H and O–H groups in total. The predicted molar refractivity (Wildman–Crippen MR) is 122 cm³/mol. The molecule has 2 atom stereocenters. The van der Waals surface area contributed by atoms with E-state index in [0.29, 0.717) is 18.2 Å². The van der Waals surface area contributed by atoms with Crippen molar-refractivity contribution in [2.24, 2.45) is 5.41 Å². The maximum Gasteiger partial charge on any atom is 0.394 e. The molecule has 0 radical (unpaired) electrons. The van der Waals surface area contributed by atoms with Crippen LogP contribution in [0.2, 0.25) is 0 Å². The third kappa shape index (κ3) is 3.19. The minimum Gasteiger partial charge on any atom is -0.373 e. The van der Waals surface area contributed by atoms with Crippen LogP contribution >= 0.6 is 0 Å². The number of hydrogen-bond acceptors (Lipinski definition) is 5. The van der Waals surface area contributed by atoms with E-state index in [9.17, 15) is 13.2 Å². The van der Waals surface area contributed by atoms with Crippen LogP contribution in [0.25, 0.3) is 11.0 Å². The third-order valence-electron chi connectivity index (χ3n) is 8.83. The summed E-state index contributed by atoms with van der Waals surface area (Å²) in [5, 5.41) is 4.52. The number of hydrogen-bond donors (Lipinski definition) is 0. The van der Waals surface area contributed by atoms with E-state index in [1.807, 2.05) is 30.8 Å². The third-order valence-corrected chi connectivity index (χ3v) is 8.83. The summed E-state index contributed by atoms with van der Waals surface area (Å²) in [4.78, 5) is 14.6. The van der Waals surface area contributed by atoms with Crippen molar-refractivity contribution in [1.29, 1.82) is 0 Å². The average Bonchev–Trinajstić information content (AvgIpc) is 3.48. The molecule has 3 aromatic heterocycles. The van der Waals surface area contributed by atoms with Gasteiger partial charge >= 0.3 is 6.18 Å². The van der Waals surface area contributed by atoms with Gasteiger partial charge in [0.05, 0.1) is 46.4 Å². The van der Waals surface area contributed by atoms with Crippen molar-refractivity contribution < 1.29 is 17.9 Å². The minimum absolute atomic E-state index is 0.0588. The van der Waals surface area contributed by atoms with Gasteiger partial charge in [-0.1, -0.05) is 0 Å². The van der Waals surface area contributed by atoms with Crippen LogP contribution in [0.1, 0.15) is 91.3 Å². The van der Waals surface area contributed by atoms with Gasteiger partial charge in [-0.2, -0.15) is 18.3 Å². The van der Waals surface area contributed by atoms with E-state index in [-0.39, 0.29) is 31.3 Å². The molecule has 0 spiro atoms. The van der Waals surface area contributed by atoms with Gasteiger partial charge in [-0.3, -0.25) is 9.67 Å². The van der Waals surface area contributed by atoms with E-state index in [2.05, 4.69) is 11.3 Å². The maximum atomic E-state index is 13.6. The first kappa shape index (κ1) is 21.7. The van der Waals surface area contributed by atoms with Crippen molar-refractivity contribution in [2.45, 2.75) is 88.4 Å². The van der Waals surface area contributed by atoms with Crippen LogP contribution in [0.4, 0.5) is 13.2 Å². The summed E-state index contributed by atoms with van der Waals surface area (Å²) in [6.07, 6.45) is 4.07. The van der Waals surface area contributed by atoms with Crippen LogP contribution in [-0.4, -0.2) is 37.5 Å². The Balaban J connectivity index is 1.24. The van der Waals surface area contributed by atoms with E-state index >= 15 is 0 Å². The van der Waals surface area contributed by atoms with Crippen LogP contribution in [0.3, 0.4) is 0 Å². The molecule has 1 saturated heterocycles. The summed E-state index contributed by atoms with van der Waals surface area (Å²) in [6, 6.07) is 2.52. The average molecular weight is 484 g/mol. The number of halogens is 3. The number of aromatic nitrogens is 5. The Hall–Kier alpha value is -2.55. The van der Waals surface area contributed by atoms with Crippen molar-refractivity contribution in [3.05, 3.63) is 46.8 Å². The molecule has 1 aliphatic heterocycles.